The second-order valence-electron chi connectivity index (χ2n) is 16.5. The van der Waals surface area contributed by atoms with Gasteiger partial charge in [-0.1, -0.05) is 95.9 Å². The van der Waals surface area contributed by atoms with Gasteiger partial charge in [-0.2, -0.15) is 0 Å². The van der Waals surface area contributed by atoms with Crippen molar-refractivity contribution < 1.29 is 19.0 Å². The Kier molecular flexibility index (Phi) is 8.94. The van der Waals surface area contributed by atoms with Crippen molar-refractivity contribution in [3.63, 3.8) is 0 Å². The molecule has 1 aliphatic heterocycles. The number of hydrogen-bond acceptors (Lipinski definition) is 4. The molecule has 1 heterocycles. The number of carbonyl (C=O) groups is 1. The van der Waals surface area contributed by atoms with Crippen molar-refractivity contribution in [1.82, 2.24) is 0 Å². The largest absolute Gasteiger partial charge is 0.461 e. The molecule has 238 valence electrons. The Hall–Kier alpha value is -1.65. The number of benzene rings is 1. The first-order valence-corrected chi connectivity index (χ1v) is 17.7. The Balaban J connectivity index is 1.06. The fourth-order valence-corrected chi connectivity index (χ4v) is 10.6. The van der Waals surface area contributed by atoms with E-state index in [2.05, 4.69) is 40.7 Å². The summed E-state index contributed by atoms with van der Waals surface area (Å²) in [7, 11) is 0. The van der Waals surface area contributed by atoms with Crippen LogP contribution in [0, 0.1) is 51.8 Å². The first-order valence-electron chi connectivity index (χ1n) is 17.7. The van der Waals surface area contributed by atoms with Crippen molar-refractivity contribution in [2.24, 2.45) is 51.8 Å². The van der Waals surface area contributed by atoms with Crippen LogP contribution >= 0.6 is 0 Å². The molecule has 0 radical (unpaired) electrons. The molecular formula is C39H58O4. The van der Waals surface area contributed by atoms with Gasteiger partial charge in [-0.05, 0) is 98.2 Å². The normalized spacial score (nSPS) is 41.5. The summed E-state index contributed by atoms with van der Waals surface area (Å²) in [5.41, 5.74) is 2.57. The summed E-state index contributed by atoms with van der Waals surface area (Å²) < 4.78 is 18.3. The van der Waals surface area contributed by atoms with Crippen molar-refractivity contribution in [3.05, 3.63) is 47.5 Å². The fraction of sp³-hybridized carbons (Fsp3) is 0.769. The number of fused-ring (bicyclic) bond motifs is 5. The molecule has 3 saturated carbocycles. The summed E-state index contributed by atoms with van der Waals surface area (Å²) >= 11 is 0. The molecule has 1 saturated heterocycles. The molecule has 43 heavy (non-hydrogen) atoms. The van der Waals surface area contributed by atoms with Gasteiger partial charge in [0, 0.05) is 12.0 Å². The highest BCUT2D eigenvalue weighted by molar-refractivity contribution is 5.77. The van der Waals surface area contributed by atoms with Gasteiger partial charge in [-0.15, -0.1) is 0 Å². The molecule has 0 amide bonds. The van der Waals surface area contributed by atoms with Gasteiger partial charge in [0.2, 0.25) is 0 Å². The third-order valence-electron chi connectivity index (χ3n) is 13.2. The maximum absolute atomic E-state index is 13.4. The molecule has 0 N–H and O–H groups in total. The fourth-order valence-electron chi connectivity index (χ4n) is 10.6. The summed E-state index contributed by atoms with van der Waals surface area (Å²) in [6.45, 7) is 15.1. The van der Waals surface area contributed by atoms with E-state index in [9.17, 15) is 4.79 Å². The van der Waals surface area contributed by atoms with Gasteiger partial charge in [0.05, 0.1) is 13.2 Å². The molecule has 4 heteroatoms. The second-order valence-corrected chi connectivity index (χ2v) is 16.5. The number of esters is 1. The van der Waals surface area contributed by atoms with Gasteiger partial charge < -0.3 is 14.2 Å². The average molecular weight is 591 g/mol. The molecule has 1 aromatic rings. The molecule has 0 spiro atoms. The van der Waals surface area contributed by atoms with E-state index in [1.54, 1.807) is 5.57 Å². The van der Waals surface area contributed by atoms with Gasteiger partial charge in [0.25, 0.3) is 0 Å². The van der Waals surface area contributed by atoms with Crippen molar-refractivity contribution in [1.29, 1.82) is 0 Å². The SMILES string of the molecule is CC(C)CCC[C@H](C)[C@H]1CC[C@@H]2[C@H]3CC=C4C[C@@H](OC(=O)C5(C)COC(c6ccccc6)OC5)CC[C@]4(C)[C@@H]3CC[C@@]21C. The molecule has 5 aliphatic rings. The molecule has 4 aliphatic carbocycles. The smallest absolute Gasteiger partial charge is 0.316 e. The quantitative estimate of drug-likeness (QED) is 0.223. The molecule has 0 unspecified atom stereocenters. The molecule has 0 bridgehead atoms. The van der Waals surface area contributed by atoms with Crippen LogP contribution in [0.1, 0.15) is 124 Å². The predicted molar refractivity (Wildman–Crippen MR) is 172 cm³/mol. The Morgan fingerprint density at radius 2 is 1.67 bits per heavy atom. The van der Waals surface area contributed by atoms with Crippen molar-refractivity contribution >= 4 is 5.97 Å². The van der Waals surface area contributed by atoms with E-state index in [-0.39, 0.29) is 17.5 Å². The van der Waals surface area contributed by atoms with Crippen LogP contribution in [0.5, 0.6) is 0 Å². The lowest BCUT2D eigenvalue weighted by atomic mass is 9.47. The number of allylic oxidation sites excluding steroid dienone is 1. The Morgan fingerprint density at radius 3 is 2.40 bits per heavy atom. The molecule has 8 atom stereocenters. The topological polar surface area (TPSA) is 44.8 Å². The van der Waals surface area contributed by atoms with E-state index >= 15 is 0 Å². The average Bonchev–Trinajstić information content (AvgIpc) is 3.35. The van der Waals surface area contributed by atoms with Crippen molar-refractivity contribution in [3.8, 4) is 0 Å². The second kappa shape index (κ2) is 12.3. The highest BCUT2D eigenvalue weighted by atomic mass is 16.7. The van der Waals surface area contributed by atoms with E-state index in [4.69, 9.17) is 14.2 Å². The summed E-state index contributed by atoms with van der Waals surface area (Å²) in [5.74, 6) is 4.89. The van der Waals surface area contributed by atoms with Crippen LogP contribution in [0.4, 0.5) is 0 Å². The number of hydrogen-bond donors (Lipinski definition) is 0. The number of ether oxygens (including phenoxy) is 3. The van der Waals surface area contributed by atoms with Crippen molar-refractivity contribution in [2.75, 3.05) is 13.2 Å². The van der Waals surface area contributed by atoms with Gasteiger partial charge >= 0.3 is 5.97 Å². The number of rotatable bonds is 8. The first kappa shape index (κ1) is 31.3. The van der Waals surface area contributed by atoms with Crippen LogP contribution in [0.25, 0.3) is 0 Å². The molecule has 6 rings (SSSR count). The highest BCUT2D eigenvalue weighted by Crippen LogP contribution is 2.67. The zero-order valence-electron chi connectivity index (χ0n) is 27.9. The zero-order valence-corrected chi connectivity index (χ0v) is 27.9. The summed E-state index contributed by atoms with van der Waals surface area (Å²) in [6, 6.07) is 9.95. The Bertz CT molecular complexity index is 1150. The predicted octanol–water partition coefficient (Wildman–Crippen LogP) is 9.69. The van der Waals surface area contributed by atoms with E-state index in [0.717, 1.165) is 60.3 Å². The maximum Gasteiger partial charge on any atom is 0.316 e. The van der Waals surface area contributed by atoms with Crippen molar-refractivity contribution in [2.45, 2.75) is 125 Å². The van der Waals surface area contributed by atoms with Gasteiger partial charge in [0.15, 0.2) is 6.29 Å². The summed E-state index contributed by atoms with van der Waals surface area (Å²) in [4.78, 5) is 13.4. The minimum atomic E-state index is -0.767. The molecule has 0 aromatic heterocycles. The monoisotopic (exact) mass is 590 g/mol. The van der Waals surface area contributed by atoms with Crippen LogP contribution in [0.15, 0.2) is 42.0 Å². The molecule has 4 fully saturated rings. The lowest BCUT2D eigenvalue weighted by Gasteiger charge is -2.58. The van der Waals surface area contributed by atoms with Crippen LogP contribution in [-0.2, 0) is 19.0 Å². The van der Waals surface area contributed by atoms with Crippen LogP contribution in [0.3, 0.4) is 0 Å². The lowest BCUT2D eigenvalue weighted by Crippen LogP contribution is -2.51. The summed E-state index contributed by atoms with van der Waals surface area (Å²) in [6.07, 6.45) is 16.2. The highest BCUT2D eigenvalue weighted by Gasteiger charge is 2.59. The van der Waals surface area contributed by atoms with Gasteiger partial charge in [0.1, 0.15) is 11.5 Å². The van der Waals surface area contributed by atoms with E-state index < -0.39 is 11.7 Å². The summed E-state index contributed by atoms with van der Waals surface area (Å²) in [5, 5.41) is 0. The third kappa shape index (κ3) is 5.89. The molecule has 1 aromatic carbocycles. The molecular weight excluding hydrogens is 532 g/mol. The van der Waals surface area contributed by atoms with Crippen LogP contribution in [-0.4, -0.2) is 25.3 Å². The zero-order chi connectivity index (χ0) is 30.4. The number of carbonyl (C=O) groups excluding carboxylic acids is 1. The maximum atomic E-state index is 13.4. The molecule has 4 nitrogen and oxygen atoms in total. The standard InChI is InChI=1S/C39H58O4/c1-26(2)11-10-12-27(3)32-17-18-33-31-16-15-29-23-30(19-21-38(29,5)34(31)20-22-39(32,33)6)43-36(40)37(4)24-41-35(42-25-37)28-13-8-7-9-14-28/h7-9,13-15,26-27,30-35H,10-12,16-25H2,1-6H3/t27-,30-,31+,32+,33+,34+,35?,37?,38-,39+/m0/s1. The lowest BCUT2D eigenvalue weighted by molar-refractivity contribution is -0.238. The Labute approximate surface area is 261 Å². The minimum Gasteiger partial charge on any atom is -0.461 e. The van der Waals surface area contributed by atoms with Gasteiger partial charge in [-0.3, -0.25) is 4.79 Å². The van der Waals surface area contributed by atoms with E-state index in [0.29, 0.717) is 18.6 Å². The Morgan fingerprint density at radius 1 is 0.930 bits per heavy atom. The minimum absolute atomic E-state index is 0.0385. The third-order valence-corrected chi connectivity index (χ3v) is 13.2. The first-order chi connectivity index (χ1) is 20.5. The van der Waals surface area contributed by atoms with Gasteiger partial charge in [-0.25, -0.2) is 0 Å². The van der Waals surface area contributed by atoms with E-state index in [1.165, 1.54) is 51.4 Å². The van der Waals surface area contributed by atoms with E-state index in [1.807, 2.05) is 37.3 Å². The van der Waals surface area contributed by atoms with Crippen LogP contribution in [0.2, 0.25) is 0 Å². The van der Waals surface area contributed by atoms with Crippen LogP contribution < -0.4 is 0 Å².